The first kappa shape index (κ1) is 19.5. The molecule has 5 nitrogen and oxygen atoms in total. The van der Waals surface area contributed by atoms with Gasteiger partial charge in [-0.1, -0.05) is 25.0 Å². The molecule has 29 heavy (non-hydrogen) atoms. The van der Waals surface area contributed by atoms with Crippen molar-refractivity contribution in [3.05, 3.63) is 59.7 Å². The molecule has 0 radical (unpaired) electrons. The van der Waals surface area contributed by atoms with Crippen LogP contribution in [0.2, 0.25) is 0 Å². The minimum Gasteiger partial charge on any atom is -0.497 e. The van der Waals surface area contributed by atoms with Gasteiger partial charge in [-0.3, -0.25) is 9.59 Å². The molecule has 152 valence electrons. The van der Waals surface area contributed by atoms with Crippen LogP contribution in [-0.2, 0) is 4.79 Å². The van der Waals surface area contributed by atoms with E-state index in [1.165, 1.54) is 0 Å². The summed E-state index contributed by atoms with van der Waals surface area (Å²) in [4.78, 5) is 29.2. The van der Waals surface area contributed by atoms with Crippen LogP contribution in [0.15, 0.2) is 48.5 Å². The van der Waals surface area contributed by atoms with Crippen molar-refractivity contribution < 1.29 is 14.3 Å². The van der Waals surface area contributed by atoms with Gasteiger partial charge in [-0.25, -0.2) is 0 Å². The number of methoxy groups -OCH3 is 1. The smallest absolute Gasteiger partial charge is 0.254 e. The summed E-state index contributed by atoms with van der Waals surface area (Å²) in [6.07, 6.45) is 5.77. The van der Waals surface area contributed by atoms with Crippen molar-refractivity contribution >= 4 is 17.5 Å². The van der Waals surface area contributed by atoms with Crippen LogP contribution in [0.1, 0.15) is 60.5 Å². The molecule has 2 fully saturated rings. The van der Waals surface area contributed by atoms with E-state index in [4.69, 9.17) is 4.74 Å². The van der Waals surface area contributed by atoms with Crippen molar-refractivity contribution in [1.29, 1.82) is 0 Å². The number of hydrogen-bond donors (Lipinski definition) is 0. The molecule has 0 spiro atoms. The Hall–Kier alpha value is -2.82. The Labute approximate surface area is 172 Å². The zero-order valence-electron chi connectivity index (χ0n) is 17.0. The lowest BCUT2D eigenvalue weighted by molar-refractivity contribution is -0.117. The molecule has 0 N–H and O–H groups in total. The van der Waals surface area contributed by atoms with Crippen molar-refractivity contribution in [3.8, 4) is 5.75 Å². The molecule has 2 heterocycles. The predicted octanol–water partition coefficient (Wildman–Crippen LogP) is 4.58. The number of rotatable bonds is 4. The number of nitrogens with zero attached hydrogens (tertiary/aromatic N) is 2. The number of anilines is 1. The van der Waals surface area contributed by atoms with Crippen LogP contribution in [0, 0.1) is 0 Å². The van der Waals surface area contributed by atoms with E-state index in [2.05, 4.69) is 12.1 Å². The van der Waals surface area contributed by atoms with E-state index in [1.54, 1.807) is 12.0 Å². The van der Waals surface area contributed by atoms with E-state index >= 15 is 0 Å². The van der Waals surface area contributed by atoms with Gasteiger partial charge in [-0.05, 0) is 61.2 Å². The molecule has 0 saturated carbocycles. The number of ether oxygens (including phenoxy) is 1. The molecule has 5 heteroatoms. The quantitative estimate of drug-likeness (QED) is 0.765. The summed E-state index contributed by atoms with van der Waals surface area (Å²) in [5, 5.41) is 0. The van der Waals surface area contributed by atoms with Crippen molar-refractivity contribution in [2.45, 2.75) is 44.6 Å². The highest BCUT2D eigenvalue weighted by Crippen LogP contribution is 2.32. The van der Waals surface area contributed by atoms with Gasteiger partial charge >= 0.3 is 0 Å². The highest BCUT2D eigenvalue weighted by atomic mass is 16.5. The van der Waals surface area contributed by atoms with E-state index < -0.39 is 0 Å². The van der Waals surface area contributed by atoms with Crippen LogP contribution >= 0.6 is 0 Å². The van der Waals surface area contributed by atoms with Gasteiger partial charge in [0.25, 0.3) is 5.91 Å². The molecule has 0 aliphatic carbocycles. The van der Waals surface area contributed by atoms with E-state index in [0.29, 0.717) is 12.0 Å². The van der Waals surface area contributed by atoms with Crippen LogP contribution in [0.25, 0.3) is 0 Å². The van der Waals surface area contributed by atoms with Gasteiger partial charge in [0.1, 0.15) is 5.75 Å². The largest absolute Gasteiger partial charge is 0.497 e. The first-order valence-electron chi connectivity index (χ1n) is 10.5. The molecule has 0 aromatic heterocycles. The van der Waals surface area contributed by atoms with Gasteiger partial charge in [0.2, 0.25) is 5.91 Å². The third kappa shape index (κ3) is 4.14. The summed E-state index contributed by atoms with van der Waals surface area (Å²) in [6.45, 7) is 1.53. The number of amides is 2. The number of benzene rings is 2. The number of hydrogen-bond acceptors (Lipinski definition) is 3. The topological polar surface area (TPSA) is 49.9 Å². The zero-order chi connectivity index (χ0) is 20.2. The Balaban J connectivity index is 1.56. The van der Waals surface area contributed by atoms with Crippen LogP contribution < -0.4 is 9.64 Å². The maximum atomic E-state index is 13.4. The molecule has 2 aliphatic rings. The van der Waals surface area contributed by atoms with Crippen LogP contribution in [0.4, 0.5) is 5.69 Å². The second kappa shape index (κ2) is 8.68. The van der Waals surface area contributed by atoms with Crippen molar-refractivity contribution in [2.24, 2.45) is 0 Å². The molecule has 2 amide bonds. The third-order valence-electron chi connectivity index (χ3n) is 6.01. The number of likely N-dealkylation sites (tertiary alicyclic amines) is 1. The number of carbonyl (C=O) groups is 2. The SMILES string of the molecule is COc1ccc([C@H]2CCCCCN2C(=O)c2ccc(N3CCCC3=O)cc2)cc1. The lowest BCUT2D eigenvalue weighted by atomic mass is 10.00. The first-order chi connectivity index (χ1) is 14.2. The van der Waals surface area contributed by atoms with Crippen LogP contribution in [-0.4, -0.2) is 36.9 Å². The molecule has 2 aromatic rings. The summed E-state index contributed by atoms with van der Waals surface area (Å²) >= 11 is 0. The Morgan fingerprint density at radius 2 is 1.69 bits per heavy atom. The fourth-order valence-electron chi connectivity index (χ4n) is 4.39. The van der Waals surface area contributed by atoms with Gasteiger partial charge < -0.3 is 14.5 Å². The second-order valence-electron chi connectivity index (χ2n) is 7.83. The van der Waals surface area contributed by atoms with Crippen molar-refractivity contribution in [2.75, 3.05) is 25.1 Å². The zero-order valence-corrected chi connectivity index (χ0v) is 17.0. The first-order valence-corrected chi connectivity index (χ1v) is 10.5. The molecule has 2 saturated heterocycles. The monoisotopic (exact) mass is 392 g/mol. The maximum Gasteiger partial charge on any atom is 0.254 e. The minimum absolute atomic E-state index is 0.0621. The van der Waals surface area contributed by atoms with Crippen LogP contribution in [0.5, 0.6) is 5.75 Å². The fraction of sp³-hybridized carbons (Fsp3) is 0.417. The average Bonchev–Trinajstić information content (AvgIpc) is 3.05. The summed E-state index contributed by atoms with van der Waals surface area (Å²) < 4.78 is 5.28. The van der Waals surface area contributed by atoms with E-state index in [1.807, 2.05) is 41.3 Å². The summed E-state index contributed by atoms with van der Waals surface area (Å²) in [7, 11) is 1.66. The Bertz CT molecular complexity index is 861. The molecule has 2 aromatic carbocycles. The highest BCUT2D eigenvalue weighted by molar-refractivity contribution is 5.97. The van der Waals surface area contributed by atoms with Gasteiger partial charge in [-0.15, -0.1) is 0 Å². The molecule has 4 rings (SSSR count). The lowest BCUT2D eigenvalue weighted by Crippen LogP contribution is -2.34. The highest BCUT2D eigenvalue weighted by Gasteiger charge is 2.28. The average molecular weight is 392 g/mol. The molecule has 1 atom stereocenters. The van der Waals surface area contributed by atoms with Crippen molar-refractivity contribution in [1.82, 2.24) is 4.90 Å². The fourth-order valence-corrected chi connectivity index (χ4v) is 4.39. The normalized spacial score (nSPS) is 19.9. The van der Waals surface area contributed by atoms with E-state index in [9.17, 15) is 9.59 Å². The van der Waals surface area contributed by atoms with Gasteiger partial charge in [-0.2, -0.15) is 0 Å². The van der Waals surface area contributed by atoms with Gasteiger partial charge in [0.05, 0.1) is 13.2 Å². The van der Waals surface area contributed by atoms with Crippen molar-refractivity contribution in [3.63, 3.8) is 0 Å². The van der Waals surface area contributed by atoms with Gasteiger partial charge in [0.15, 0.2) is 0 Å². The second-order valence-corrected chi connectivity index (χ2v) is 7.83. The lowest BCUT2D eigenvalue weighted by Gasteiger charge is -2.31. The molecular formula is C24H28N2O3. The summed E-state index contributed by atoms with van der Waals surface area (Å²) in [5.41, 5.74) is 2.72. The summed E-state index contributed by atoms with van der Waals surface area (Å²) in [6, 6.07) is 15.7. The third-order valence-corrected chi connectivity index (χ3v) is 6.01. The molecule has 0 bridgehead atoms. The van der Waals surface area contributed by atoms with Crippen LogP contribution in [0.3, 0.4) is 0 Å². The van der Waals surface area contributed by atoms with Gasteiger partial charge in [0, 0.05) is 30.8 Å². The minimum atomic E-state index is 0.0621. The van der Waals surface area contributed by atoms with E-state index in [-0.39, 0.29) is 17.9 Å². The molecule has 0 unspecified atom stereocenters. The standard InChI is InChI=1S/C24H28N2O3/c1-29-21-14-10-18(11-15-21)22-6-3-2-4-16-26(22)24(28)19-8-12-20(13-9-19)25-17-5-7-23(25)27/h8-15,22H,2-7,16-17H2,1H3/t22-/m1/s1. The Morgan fingerprint density at radius 1 is 0.931 bits per heavy atom. The Kier molecular flexibility index (Phi) is 5.84. The predicted molar refractivity (Wildman–Crippen MR) is 113 cm³/mol. The van der Waals surface area contributed by atoms with E-state index in [0.717, 1.165) is 62.2 Å². The molecule has 2 aliphatic heterocycles. The number of carbonyl (C=O) groups excluding carboxylic acids is 2. The summed E-state index contributed by atoms with van der Waals surface area (Å²) in [5.74, 6) is 1.05. The Morgan fingerprint density at radius 3 is 2.34 bits per heavy atom. The maximum absolute atomic E-state index is 13.4. The molecular weight excluding hydrogens is 364 g/mol.